The summed E-state index contributed by atoms with van der Waals surface area (Å²) < 4.78 is 0. The van der Waals surface area contributed by atoms with Crippen molar-refractivity contribution in [2.75, 3.05) is 13.2 Å². The summed E-state index contributed by atoms with van der Waals surface area (Å²) in [6.07, 6.45) is 2.91. The number of hydrogen-bond donors (Lipinski definition) is 2. The molecule has 5 nitrogen and oxygen atoms in total. The Kier molecular flexibility index (Phi) is 4.73. The first kappa shape index (κ1) is 16.1. The standard InChI is InChI=1S/C17H20N2O3S/c1-11(21)23-14-7-17(22)19(9-14)13(10-20)6-12-8-18-16-5-3-2-4-15(12)16/h2-5,8,13-14,18,20H,6-7,9-10H2,1H3. The van der Waals surface area contributed by atoms with Crippen molar-refractivity contribution >= 4 is 33.7 Å². The molecule has 2 heterocycles. The highest BCUT2D eigenvalue weighted by Crippen LogP contribution is 2.28. The molecule has 0 saturated carbocycles. The van der Waals surface area contributed by atoms with Crippen LogP contribution in [0.5, 0.6) is 0 Å². The summed E-state index contributed by atoms with van der Waals surface area (Å²) in [5.41, 5.74) is 2.15. The van der Waals surface area contributed by atoms with E-state index in [1.54, 1.807) is 4.90 Å². The number of likely N-dealkylation sites (tertiary alicyclic amines) is 1. The van der Waals surface area contributed by atoms with Crippen LogP contribution in [0.15, 0.2) is 30.5 Å². The Balaban J connectivity index is 1.75. The fourth-order valence-corrected chi connectivity index (χ4v) is 4.12. The molecule has 1 amide bonds. The molecule has 0 aliphatic carbocycles. The number of aliphatic hydroxyl groups is 1. The van der Waals surface area contributed by atoms with E-state index < -0.39 is 0 Å². The summed E-state index contributed by atoms with van der Waals surface area (Å²) in [5.74, 6) is 0.0163. The molecule has 0 spiro atoms. The van der Waals surface area contributed by atoms with Gasteiger partial charge in [-0.1, -0.05) is 30.0 Å². The zero-order valence-electron chi connectivity index (χ0n) is 13.0. The van der Waals surface area contributed by atoms with E-state index >= 15 is 0 Å². The van der Waals surface area contributed by atoms with Crippen molar-refractivity contribution < 1.29 is 14.7 Å². The van der Waals surface area contributed by atoms with Gasteiger partial charge in [0.15, 0.2) is 5.12 Å². The second-order valence-electron chi connectivity index (χ2n) is 5.88. The van der Waals surface area contributed by atoms with Gasteiger partial charge in [-0.15, -0.1) is 0 Å². The number of fused-ring (bicyclic) bond motifs is 1. The Hall–Kier alpha value is -1.79. The van der Waals surface area contributed by atoms with Gasteiger partial charge in [0.2, 0.25) is 5.91 Å². The number of nitrogens with zero attached hydrogens (tertiary/aromatic N) is 1. The van der Waals surface area contributed by atoms with Gasteiger partial charge in [0.25, 0.3) is 0 Å². The van der Waals surface area contributed by atoms with Crippen LogP contribution in [-0.4, -0.2) is 50.5 Å². The number of carbonyl (C=O) groups excluding carboxylic acids is 2. The van der Waals surface area contributed by atoms with Crippen LogP contribution >= 0.6 is 11.8 Å². The van der Waals surface area contributed by atoms with E-state index in [-0.39, 0.29) is 28.9 Å². The number of rotatable bonds is 5. The lowest BCUT2D eigenvalue weighted by Gasteiger charge is -2.26. The molecule has 23 heavy (non-hydrogen) atoms. The van der Waals surface area contributed by atoms with Crippen LogP contribution in [0.2, 0.25) is 0 Å². The highest BCUT2D eigenvalue weighted by molar-refractivity contribution is 8.14. The predicted octanol–water partition coefficient (Wildman–Crippen LogP) is 1.95. The minimum absolute atomic E-state index is 0.00276. The molecule has 1 aromatic carbocycles. The largest absolute Gasteiger partial charge is 0.394 e. The van der Waals surface area contributed by atoms with Crippen LogP contribution in [0.1, 0.15) is 18.9 Å². The molecule has 122 valence electrons. The van der Waals surface area contributed by atoms with Gasteiger partial charge in [0.1, 0.15) is 0 Å². The molecular formula is C17H20N2O3S. The van der Waals surface area contributed by atoms with Gasteiger partial charge in [0.05, 0.1) is 12.6 Å². The third-order valence-electron chi connectivity index (χ3n) is 4.24. The van der Waals surface area contributed by atoms with Crippen molar-refractivity contribution in [1.29, 1.82) is 0 Å². The highest BCUT2D eigenvalue weighted by Gasteiger charge is 2.35. The second-order valence-corrected chi connectivity index (χ2v) is 7.36. The molecule has 1 aliphatic rings. The number of H-pyrrole nitrogens is 1. The van der Waals surface area contributed by atoms with E-state index in [1.165, 1.54) is 18.7 Å². The smallest absolute Gasteiger partial charge is 0.224 e. The Morgan fingerprint density at radius 2 is 2.26 bits per heavy atom. The molecule has 2 N–H and O–H groups in total. The van der Waals surface area contributed by atoms with Gasteiger partial charge in [-0.3, -0.25) is 9.59 Å². The maximum absolute atomic E-state index is 12.2. The summed E-state index contributed by atoms with van der Waals surface area (Å²) in [6.45, 7) is 1.96. The van der Waals surface area contributed by atoms with E-state index in [0.717, 1.165) is 16.5 Å². The van der Waals surface area contributed by atoms with Gasteiger partial charge in [-0.05, 0) is 18.1 Å². The van der Waals surface area contributed by atoms with Crippen LogP contribution in [-0.2, 0) is 16.0 Å². The van der Waals surface area contributed by atoms with Gasteiger partial charge in [0, 0.05) is 42.2 Å². The second kappa shape index (κ2) is 6.76. The number of amides is 1. The zero-order chi connectivity index (χ0) is 16.4. The highest BCUT2D eigenvalue weighted by atomic mass is 32.2. The van der Waals surface area contributed by atoms with Gasteiger partial charge >= 0.3 is 0 Å². The summed E-state index contributed by atoms with van der Waals surface area (Å²) in [5, 5.41) is 10.9. The third kappa shape index (κ3) is 3.43. The molecule has 0 radical (unpaired) electrons. The number of thioether (sulfide) groups is 1. The summed E-state index contributed by atoms with van der Waals surface area (Å²) in [6, 6.07) is 7.75. The molecule has 0 bridgehead atoms. The van der Waals surface area contributed by atoms with E-state index in [1.807, 2.05) is 30.5 Å². The minimum atomic E-state index is -0.251. The van der Waals surface area contributed by atoms with Crippen LogP contribution in [0, 0.1) is 0 Å². The molecule has 2 unspecified atom stereocenters. The van der Waals surface area contributed by atoms with Gasteiger partial charge in [-0.2, -0.15) is 0 Å². The van der Waals surface area contributed by atoms with Gasteiger partial charge < -0.3 is 15.0 Å². The lowest BCUT2D eigenvalue weighted by atomic mass is 10.0. The number of aromatic nitrogens is 1. The Bertz CT molecular complexity index is 727. The van der Waals surface area contributed by atoms with Gasteiger partial charge in [-0.25, -0.2) is 0 Å². The van der Waals surface area contributed by atoms with Crippen LogP contribution < -0.4 is 0 Å². The minimum Gasteiger partial charge on any atom is -0.394 e. The molecule has 1 fully saturated rings. The molecule has 1 saturated heterocycles. The third-order valence-corrected chi connectivity index (χ3v) is 5.22. The first-order valence-electron chi connectivity index (χ1n) is 7.71. The number of nitrogens with one attached hydrogen (secondary N) is 1. The fourth-order valence-electron chi connectivity index (χ4n) is 3.19. The number of aliphatic hydroxyl groups excluding tert-OH is 1. The topological polar surface area (TPSA) is 73.4 Å². The molecular weight excluding hydrogens is 312 g/mol. The monoisotopic (exact) mass is 332 g/mol. The van der Waals surface area contributed by atoms with E-state index in [9.17, 15) is 14.7 Å². The van der Waals surface area contributed by atoms with E-state index in [0.29, 0.717) is 19.4 Å². The van der Waals surface area contributed by atoms with Crippen molar-refractivity contribution in [1.82, 2.24) is 9.88 Å². The molecule has 3 rings (SSSR count). The maximum Gasteiger partial charge on any atom is 0.224 e. The van der Waals surface area contributed by atoms with Crippen LogP contribution in [0.25, 0.3) is 10.9 Å². The average molecular weight is 332 g/mol. The van der Waals surface area contributed by atoms with E-state index in [2.05, 4.69) is 4.98 Å². The van der Waals surface area contributed by atoms with Crippen molar-refractivity contribution in [2.45, 2.75) is 31.1 Å². The maximum atomic E-state index is 12.2. The Morgan fingerprint density at radius 1 is 1.48 bits per heavy atom. The molecule has 6 heteroatoms. The zero-order valence-corrected chi connectivity index (χ0v) is 13.8. The molecule has 1 aromatic heterocycles. The Labute approximate surface area is 139 Å². The number of carbonyl (C=O) groups is 2. The number of para-hydroxylation sites is 1. The number of aromatic amines is 1. The van der Waals surface area contributed by atoms with E-state index in [4.69, 9.17) is 0 Å². The molecule has 2 aromatic rings. The van der Waals surface area contributed by atoms with Crippen molar-refractivity contribution in [3.05, 3.63) is 36.0 Å². The average Bonchev–Trinajstić information content (AvgIpc) is 3.08. The molecule has 2 atom stereocenters. The summed E-state index contributed by atoms with van der Waals surface area (Å²) in [4.78, 5) is 28.4. The SMILES string of the molecule is CC(=O)SC1CC(=O)N(C(CO)Cc2c[nH]c3ccccc23)C1. The summed E-state index contributed by atoms with van der Waals surface area (Å²) in [7, 11) is 0. The quantitative estimate of drug-likeness (QED) is 0.878. The van der Waals surface area contributed by atoms with Crippen molar-refractivity contribution in [3.8, 4) is 0 Å². The molecule has 1 aliphatic heterocycles. The Morgan fingerprint density at radius 3 is 3.00 bits per heavy atom. The predicted molar refractivity (Wildman–Crippen MR) is 91.3 cm³/mol. The fraction of sp³-hybridized carbons (Fsp3) is 0.412. The first-order valence-corrected chi connectivity index (χ1v) is 8.59. The first-order chi connectivity index (χ1) is 11.1. The van der Waals surface area contributed by atoms with Crippen LogP contribution in [0.3, 0.4) is 0 Å². The van der Waals surface area contributed by atoms with Crippen molar-refractivity contribution in [2.24, 2.45) is 0 Å². The lowest BCUT2D eigenvalue weighted by Crippen LogP contribution is -2.40. The van der Waals surface area contributed by atoms with Crippen molar-refractivity contribution in [3.63, 3.8) is 0 Å². The number of benzene rings is 1. The van der Waals surface area contributed by atoms with Crippen LogP contribution in [0.4, 0.5) is 0 Å². The number of hydrogen-bond acceptors (Lipinski definition) is 4. The summed E-state index contributed by atoms with van der Waals surface area (Å²) >= 11 is 1.22. The lowest BCUT2D eigenvalue weighted by molar-refractivity contribution is -0.130. The normalized spacial score (nSPS) is 19.5.